The fourth-order valence-electron chi connectivity index (χ4n) is 3.37. The molecule has 0 bridgehead atoms. The van der Waals surface area contributed by atoms with E-state index in [1.165, 1.54) is 16.3 Å². The Morgan fingerprint density at radius 1 is 0.720 bits per heavy atom. The van der Waals surface area contributed by atoms with Gasteiger partial charge in [-0.25, -0.2) is 0 Å². The van der Waals surface area contributed by atoms with Crippen molar-refractivity contribution in [3.05, 3.63) is 84.4 Å². The highest BCUT2D eigenvalue weighted by Gasteiger charge is 2.11. The van der Waals surface area contributed by atoms with Crippen LogP contribution in [-0.4, -0.2) is 0 Å². The Kier molecular flexibility index (Phi) is 3.04. The molecule has 0 atom stereocenters. The molecule has 0 radical (unpaired) electrons. The molecule has 0 spiro atoms. The Morgan fingerprint density at radius 3 is 2.28 bits per heavy atom. The normalized spacial score (nSPS) is 11.4. The van der Waals surface area contributed by atoms with E-state index in [0.717, 1.165) is 33.3 Å². The van der Waals surface area contributed by atoms with Gasteiger partial charge in [0, 0.05) is 16.5 Å². The molecule has 4 aromatic carbocycles. The smallest absolute Gasteiger partial charge is 0.158 e. The zero-order valence-corrected chi connectivity index (χ0v) is 13.9. The predicted octanol–water partition coefficient (Wildman–Crippen LogP) is 6.79. The zero-order chi connectivity index (χ0) is 16.8. The monoisotopic (exact) mass is 323 g/mol. The minimum atomic E-state index is 0.897. The molecular weight excluding hydrogens is 306 g/mol. The minimum absolute atomic E-state index is 0.897. The van der Waals surface area contributed by atoms with Gasteiger partial charge >= 0.3 is 0 Å². The first-order valence-corrected chi connectivity index (χ1v) is 8.46. The van der Waals surface area contributed by atoms with E-state index < -0.39 is 0 Å². The average Bonchev–Trinajstić information content (AvgIpc) is 3.00. The van der Waals surface area contributed by atoms with E-state index in [1.807, 2.05) is 0 Å². The van der Waals surface area contributed by atoms with E-state index in [2.05, 4.69) is 91.1 Å². The number of para-hydroxylation sites is 1. The summed E-state index contributed by atoms with van der Waals surface area (Å²) in [4.78, 5) is 0. The van der Waals surface area contributed by atoms with Crippen molar-refractivity contribution in [3.63, 3.8) is 0 Å². The maximum Gasteiger partial charge on any atom is 0.158 e. The Balaban J connectivity index is 1.71. The number of hydrogen-bond donors (Lipinski definition) is 1. The molecule has 5 rings (SSSR count). The zero-order valence-electron chi connectivity index (χ0n) is 13.9. The molecule has 25 heavy (non-hydrogen) atoms. The minimum Gasteiger partial charge on any atom is -0.454 e. The second-order valence-corrected chi connectivity index (χ2v) is 6.47. The topological polar surface area (TPSA) is 25.2 Å². The molecule has 0 amide bonds. The largest absolute Gasteiger partial charge is 0.454 e. The Morgan fingerprint density at radius 2 is 1.48 bits per heavy atom. The molecule has 1 N–H and O–H groups in total. The van der Waals surface area contributed by atoms with Gasteiger partial charge in [-0.1, -0.05) is 54.1 Å². The van der Waals surface area contributed by atoms with Crippen molar-refractivity contribution in [2.24, 2.45) is 0 Å². The highest BCUT2D eigenvalue weighted by Crippen LogP contribution is 2.36. The number of furan rings is 1. The summed E-state index contributed by atoms with van der Waals surface area (Å²) >= 11 is 0. The standard InChI is InChI=1S/C23H17NO/c1-15-9-11-18(12-10-15)24-21-8-4-7-19-20-13-16-5-2-3-6-17(16)14-22(20)25-23(19)21/h2-14,24H,1H3. The second kappa shape index (κ2) is 5.38. The number of benzene rings is 4. The lowest BCUT2D eigenvalue weighted by molar-refractivity contribution is 0.670. The molecule has 2 nitrogen and oxygen atoms in total. The van der Waals surface area contributed by atoms with Crippen molar-refractivity contribution < 1.29 is 4.42 Å². The van der Waals surface area contributed by atoms with Gasteiger partial charge < -0.3 is 9.73 Å². The summed E-state index contributed by atoms with van der Waals surface area (Å²) in [6.07, 6.45) is 0. The Labute approximate surface area is 145 Å². The van der Waals surface area contributed by atoms with Gasteiger partial charge in [0.2, 0.25) is 0 Å². The Hall–Kier alpha value is -3.26. The van der Waals surface area contributed by atoms with Crippen LogP contribution in [0, 0.1) is 6.92 Å². The lowest BCUT2D eigenvalue weighted by atomic mass is 10.1. The molecule has 0 aliphatic carbocycles. The van der Waals surface area contributed by atoms with Crippen LogP contribution in [0.2, 0.25) is 0 Å². The van der Waals surface area contributed by atoms with Gasteiger partial charge in [0.25, 0.3) is 0 Å². The third-order valence-corrected chi connectivity index (χ3v) is 4.70. The fourth-order valence-corrected chi connectivity index (χ4v) is 3.37. The van der Waals surface area contributed by atoms with Gasteiger partial charge in [-0.3, -0.25) is 0 Å². The SMILES string of the molecule is Cc1ccc(Nc2cccc3c2oc2cc4ccccc4cc23)cc1. The van der Waals surface area contributed by atoms with Crippen molar-refractivity contribution in [3.8, 4) is 0 Å². The third kappa shape index (κ3) is 2.34. The van der Waals surface area contributed by atoms with Crippen molar-refractivity contribution in [1.29, 1.82) is 0 Å². The summed E-state index contributed by atoms with van der Waals surface area (Å²) in [6.45, 7) is 2.09. The molecule has 1 heterocycles. The van der Waals surface area contributed by atoms with Gasteiger partial charge in [0.05, 0.1) is 5.69 Å². The lowest BCUT2D eigenvalue weighted by Gasteiger charge is -2.07. The van der Waals surface area contributed by atoms with E-state index in [9.17, 15) is 0 Å². The maximum absolute atomic E-state index is 6.23. The molecule has 120 valence electrons. The van der Waals surface area contributed by atoms with E-state index >= 15 is 0 Å². The van der Waals surface area contributed by atoms with Crippen LogP contribution in [0.4, 0.5) is 11.4 Å². The molecule has 5 aromatic rings. The van der Waals surface area contributed by atoms with E-state index in [1.54, 1.807) is 0 Å². The molecular formula is C23H17NO. The van der Waals surface area contributed by atoms with Crippen LogP contribution in [0.3, 0.4) is 0 Å². The number of hydrogen-bond acceptors (Lipinski definition) is 2. The third-order valence-electron chi connectivity index (χ3n) is 4.70. The van der Waals surface area contributed by atoms with E-state index in [4.69, 9.17) is 4.42 Å². The van der Waals surface area contributed by atoms with Gasteiger partial charge in [-0.05, 0) is 48.0 Å². The predicted molar refractivity (Wildman–Crippen MR) is 106 cm³/mol. The number of rotatable bonds is 2. The van der Waals surface area contributed by atoms with Crippen LogP contribution in [-0.2, 0) is 0 Å². The number of nitrogens with one attached hydrogen (secondary N) is 1. The highest BCUT2D eigenvalue weighted by molar-refractivity contribution is 6.12. The second-order valence-electron chi connectivity index (χ2n) is 6.47. The number of fused-ring (bicyclic) bond motifs is 4. The van der Waals surface area contributed by atoms with Gasteiger partial charge in [-0.2, -0.15) is 0 Å². The summed E-state index contributed by atoms with van der Waals surface area (Å²) in [5.74, 6) is 0. The number of aryl methyl sites for hydroxylation is 1. The summed E-state index contributed by atoms with van der Waals surface area (Å²) < 4.78 is 6.23. The quantitative estimate of drug-likeness (QED) is 0.387. The lowest BCUT2D eigenvalue weighted by Crippen LogP contribution is -1.90. The van der Waals surface area contributed by atoms with Crippen LogP contribution in [0.15, 0.2) is 83.3 Å². The van der Waals surface area contributed by atoms with Crippen molar-refractivity contribution in [1.82, 2.24) is 0 Å². The van der Waals surface area contributed by atoms with Crippen molar-refractivity contribution in [2.45, 2.75) is 6.92 Å². The molecule has 0 fully saturated rings. The summed E-state index contributed by atoms with van der Waals surface area (Å²) in [7, 11) is 0. The van der Waals surface area contributed by atoms with Crippen LogP contribution < -0.4 is 5.32 Å². The maximum atomic E-state index is 6.23. The van der Waals surface area contributed by atoms with Crippen LogP contribution in [0.5, 0.6) is 0 Å². The van der Waals surface area contributed by atoms with Crippen LogP contribution >= 0.6 is 0 Å². The van der Waals surface area contributed by atoms with E-state index in [-0.39, 0.29) is 0 Å². The van der Waals surface area contributed by atoms with Gasteiger partial charge in [0.1, 0.15) is 5.58 Å². The average molecular weight is 323 g/mol. The van der Waals surface area contributed by atoms with E-state index in [0.29, 0.717) is 0 Å². The molecule has 0 aliphatic heterocycles. The van der Waals surface area contributed by atoms with Gasteiger partial charge in [-0.15, -0.1) is 0 Å². The summed E-state index contributed by atoms with van der Waals surface area (Å²) in [6, 6.07) is 27.4. The summed E-state index contributed by atoms with van der Waals surface area (Å²) in [5, 5.41) is 8.20. The summed E-state index contributed by atoms with van der Waals surface area (Å²) in [5.41, 5.74) is 5.12. The number of anilines is 2. The molecule has 0 aliphatic rings. The van der Waals surface area contributed by atoms with Crippen LogP contribution in [0.1, 0.15) is 5.56 Å². The fraction of sp³-hybridized carbons (Fsp3) is 0.0435. The first-order valence-electron chi connectivity index (χ1n) is 8.46. The van der Waals surface area contributed by atoms with Crippen LogP contribution in [0.25, 0.3) is 32.7 Å². The first-order chi connectivity index (χ1) is 12.3. The Bertz CT molecular complexity index is 1220. The highest BCUT2D eigenvalue weighted by atomic mass is 16.3. The van der Waals surface area contributed by atoms with Crippen molar-refractivity contribution in [2.75, 3.05) is 5.32 Å². The molecule has 0 saturated carbocycles. The molecule has 0 saturated heterocycles. The first kappa shape index (κ1) is 14.1. The molecule has 1 aromatic heterocycles. The molecule has 2 heteroatoms. The van der Waals surface area contributed by atoms with Crippen molar-refractivity contribution >= 4 is 44.1 Å². The van der Waals surface area contributed by atoms with Gasteiger partial charge in [0.15, 0.2) is 5.58 Å². The molecule has 0 unspecified atom stereocenters.